The lowest BCUT2D eigenvalue weighted by atomic mass is 10.2. The SMILES string of the molecule is COCCNCCNS(=O)(=O)c1cc(Cl)ccc1C.Cl. The summed E-state index contributed by atoms with van der Waals surface area (Å²) in [5.74, 6) is 0. The maximum atomic E-state index is 12.1. The van der Waals surface area contributed by atoms with Gasteiger partial charge in [0.05, 0.1) is 11.5 Å². The molecule has 0 amide bonds. The molecule has 0 atom stereocenters. The Kier molecular flexibility index (Phi) is 9.37. The Morgan fingerprint density at radius 3 is 2.60 bits per heavy atom. The van der Waals surface area contributed by atoms with Crippen molar-refractivity contribution in [3.05, 3.63) is 28.8 Å². The van der Waals surface area contributed by atoms with Crippen molar-refractivity contribution in [2.45, 2.75) is 11.8 Å². The van der Waals surface area contributed by atoms with Gasteiger partial charge in [-0.05, 0) is 24.6 Å². The van der Waals surface area contributed by atoms with Crippen LogP contribution < -0.4 is 10.0 Å². The molecule has 0 bridgehead atoms. The van der Waals surface area contributed by atoms with E-state index in [1.54, 1.807) is 26.2 Å². The van der Waals surface area contributed by atoms with E-state index >= 15 is 0 Å². The quantitative estimate of drug-likeness (QED) is 0.704. The number of benzene rings is 1. The minimum atomic E-state index is -3.51. The van der Waals surface area contributed by atoms with Gasteiger partial charge in [-0.15, -0.1) is 12.4 Å². The Labute approximate surface area is 131 Å². The van der Waals surface area contributed by atoms with Crippen molar-refractivity contribution in [3.8, 4) is 0 Å². The summed E-state index contributed by atoms with van der Waals surface area (Å²) < 4.78 is 31.5. The van der Waals surface area contributed by atoms with E-state index in [9.17, 15) is 8.42 Å². The highest BCUT2D eigenvalue weighted by Crippen LogP contribution is 2.19. The summed E-state index contributed by atoms with van der Waals surface area (Å²) >= 11 is 5.82. The normalized spacial score (nSPS) is 11.2. The van der Waals surface area contributed by atoms with Crippen LogP contribution in [0.1, 0.15) is 5.56 Å². The zero-order valence-corrected chi connectivity index (χ0v) is 13.9. The Bertz CT molecular complexity index is 509. The van der Waals surface area contributed by atoms with E-state index < -0.39 is 10.0 Å². The molecule has 0 aliphatic heterocycles. The average molecular weight is 343 g/mol. The van der Waals surface area contributed by atoms with Gasteiger partial charge in [0.1, 0.15) is 0 Å². The molecule has 1 aromatic rings. The van der Waals surface area contributed by atoms with Crippen molar-refractivity contribution in [2.75, 3.05) is 33.4 Å². The Morgan fingerprint density at radius 2 is 1.95 bits per heavy atom. The number of sulfonamides is 1. The second-order valence-corrected chi connectivity index (χ2v) is 6.22. The molecule has 0 radical (unpaired) electrons. The number of nitrogens with one attached hydrogen (secondary N) is 2. The number of methoxy groups -OCH3 is 1. The number of hydrogen-bond donors (Lipinski definition) is 2. The topological polar surface area (TPSA) is 67.4 Å². The van der Waals surface area contributed by atoms with Gasteiger partial charge in [-0.3, -0.25) is 0 Å². The van der Waals surface area contributed by atoms with E-state index in [1.165, 1.54) is 6.07 Å². The Balaban J connectivity index is 0.00000361. The summed E-state index contributed by atoms with van der Waals surface area (Å²) in [6.45, 7) is 3.89. The molecule has 5 nitrogen and oxygen atoms in total. The lowest BCUT2D eigenvalue weighted by Crippen LogP contribution is -2.33. The summed E-state index contributed by atoms with van der Waals surface area (Å²) in [5, 5.41) is 3.47. The Morgan fingerprint density at radius 1 is 1.25 bits per heavy atom. The molecule has 0 unspecified atom stereocenters. The van der Waals surface area contributed by atoms with Crippen LogP contribution in [0.5, 0.6) is 0 Å². The van der Waals surface area contributed by atoms with Gasteiger partial charge in [0.25, 0.3) is 0 Å². The minimum Gasteiger partial charge on any atom is -0.383 e. The standard InChI is InChI=1S/C12H19ClN2O3S.ClH/c1-10-3-4-11(13)9-12(10)19(16,17)15-6-5-14-7-8-18-2;/h3-4,9,14-15H,5-8H2,1-2H3;1H. The van der Waals surface area contributed by atoms with Crippen LogP contribution in [0.4, 0.5) is 0 Å². The predicted molar refractivity (Wildman–Crippen MR) is 83.4 cm³/mol. The number of rotatable bonds is 8. The molecule has 8 heteroatoms. The van der Waals surface area contributed by atoms with Gasteiger partial charge in [0.2, 0.25) is 10.0 Å². The molecule has 0 saturated carbocycles. The van der Waals surface area contributed by atoms with Gasteiger partial charge in [0, 0.05) is 31.8 Å². The number of hydrogen-bond acceptors (Lipinski definition) is 4. The molecule has 0 spiro atoms. The van der Waals surface area contributed by atoms with Gasteiger partial charge >= 0.3 is 0 Å². The Hall–Kier alpha value is -0.370. The smallest absolute Gasteiger partial charge is 0.240 e. The first kappa shape index (κ1) is 19.6. The fourth-order valence-corrected chi connectivity index (χ4v) is 3.05. The highest BCUT2D eigenvalue weighted by Gasteiger charge is 2.16. The van der Waals surface area contributed by atoms with E-state index in [0.717, 1.165) is 0 Å². The fourth-order valence-electron chi connectivity index (χ4n) is 1.51. The molecule has 2 N–H and O–H groups in total. The van der Waals surface area contributed by atoms with Gasteiger partial charge < -0.3 is 10.1 Å². The predicted octanol–water partition coefficient (Wildman–Crippen LogP) is 1.58. The van der Waals surface area contributed by atoms with E-state index in [2.05, 4.69) is 10.0 Å². The average Bonchev–Trinajstić information content (AvgIpc) is 2.36. The molecule has 0 aliphatic rings. The minimum absolute atomic E-state index is 0. The van der Waals surface area contributed by atoms with Crippen molar-refractivity contribution in [2.24, 2.45) is 0 Å². The highest BCUT2D eigenvalue weighted by molar-refractivity contribution is 7.89. The molecule has 0 aliphatic carbocycles. The third kappa shape index (κ3) is 6.39. The summed E-state index contributed by atoms with van der Waals surface area (Å²) in [7, 11) is -1.89. The lowest BCUT2D eigenvalue weighted by molar-refractivity contribution is 0.199. The first-order chi connectivity index (χ1) is 8.97. The van der Waals surface area contributed by atoms with Crippen LogP contribution in [0.3, 0.4) is 0 Å². The zero-order chi connectivity index (χ0) is 14.3. The van der Waals surface area contributed by atoms with Gasteiger partial charge in [0.15, 0.2) is 0 Å². The lowest BCUT2D eigenvalue weighted by Gasteiger charge is -2.10. The molecule has 1 rings (SSSR count). The zero-order valence-electron chi connectivity index (χ0n) is 11.5. The summed E-state index contributed by atoms with van der Waals surface area (Å²) in [5.41, 5.74) is 0.671. The van der Waals surface area contributed by atoms with Crippen LogP contribution >= 0.6 is 24.0 Å². The molecule has 0 aromatic heterocycles. The van der Waals surface area contributed by atoms with E-state index in [1.807, 2.05) is 0 Å². The van der Waals surface area contributed by atoms with Crippen molar-refractivity contribution in [1.82, 2.24) is 10.0 Å². The summed E-state index contributed by atoms with van der Waals surface area (Å²) in [4.78, 5) is 0.219. The first-order valence-electron chi connectivity index (χ1n) is 5.93. The van der Waals surface area contributed by atoms with Crippen molar-refractivity contribution in [3.63, 3.8) is 0 Å². The maximum absolute atomic E-state index is 12.1. The highest BCUT2D eigenvalue weighted by atomic mass is 35.5. The number of ether oxygens (including phenoxy) is 1. The third-order valence-corrected chi connectivity index (χ3v) is 4.35. The van der Waals surface area contributed by atoms with Gasteiger partial charge in [-0.1, -0.05) is 17.7 Å². The van der Waals surface area contributed by atoms with Gasteiger partial charge in [-0.25, -0.2) is 13.1 Å². The molecule has 0 heterocycles. The molecule has 0 fully saturated rings. The van der Waals surface area contributed by atoms with E-state index in [4.69, 9.17) is 16.3 Å². The third-order valence-electron chi connectivity index (χ3n) is 2.52. The van der Waals surface area contributed by atoms with Gasteiger partial charge in [-0.2, -0.15) is 0 Å². The molecule has 1 aromatic carbocycles. The van der Waals surface area contributed by atoms with Crippen LogP contribution in [0, 0.1) is 6.92 Å². The number of halogens is 2. The second kappa shape index (κ2) is 9.55. The number of aryl methyl sites for hydroxylation is 1. The van der Waals surface area contributed by atoms with E-state index in [-0.39, 0.29) is 17.3 Å². The van der Waals surface area contributed by atoms with Crippen LogP contribution in [0.2, 0.25) is 5.02 Å². The van der Waals surface area contributed by atoms with Crippen molar-refractivity contribution >= 4 is 34.0 Å². The second-order valence-electron chi connectivity index (χ2n) is 4.05. The monoisotopic (exact) mass is 342 g/mol. The maximum Gasteiger partial charge on any atom is 0.240 e. The summed E-state index contributed by atoms with van der Waals surface area (Å²) in [6, 6.07) is 4.81. The molecular weight excluding hydrogens is 323 g/mol. The van der Waals surface area contributed by atoms with Crippen LogP contribution in [-0.4, -0.2) is 41.8 Å². The molecule has 20 heavy (non-hydrogen) atoms. The molecular formula is C12H20Cl2N2O3S. The van der Waals surface area contributed by atoms with Crippen LogP contribution in [-0.2, 0) is 14.8 Å². The van der Waals surface area contributed by atoms with Crippen molar-refractivity contribution in [1.29, 1.82) is 0 Å². The first-order valence-corrected chi connectivity index (χ1v) is 7.79. The van der Waals surface area contributed by atoms with Crippen molar-refractivity contribution < 1.29 is 13.2 Å². The summed E-state index contributed by atoms with van der Waals surface area (Å²) in [6.07, 6.45) is 0. The molecule has 116 valence electrons. The van der Waals surface area contributed by atoms with E-state index in [0.29, 0.717) is 36.8 Å². The van der Waals surface area contributed by atoms with Crippen LogP contribution in [0.25, 0.3) is 0 Å². The largest absolute Gasteiger partial charge is 0.383 e. The fraction of sp³-hybridized carbons (Fsp3) is 0.500. The molecule has 0 saturated heterocycles. The van der Waals surface area contributed by atoms with Crippen LogP contribution in [0.15, 0.2) is 23.1 Å².